The summed E-state index contributed by atoms with van der Waals surface area (Å²) >= 11 is 5.95. The highest BCUT2D eigenvalue weighted by atomic mass is 32.2. The molecule has 0 radical (unpaired) electrons. The smallest absolute Gasteiger partial charge is 0.306 e. The lowest BCUT2D eigenvalue weighted by molar-refractivity contribution is -0.144. The minimum atomic E-state index is -0.746. The Bertz CT molecular complexity index is 309. The normalized spacial score (nSPS) is 24.1. The van der Waals surface area contributed by atoms with Crippen LogP contribution in [0.2, 0.25) is 0 Å². The molecule has 0 saturated heterocycles. The van der Waals surface area contributed by atoms with Gasteiger partial charge >= 0.3 is 5.97 Å². The molecule has 96 valence electrons. The molecule has 2 atom stereocenters. The summed E-state index contributed by atoms with van der Waals surface area (Å²) < 4.78 is 1.48. The van der Waals surface area contributed by atoms with E-state index in [1.165, 1.54) is 16.5 Å². The molecule has 1 fully saturated rings. The first-order valence-corrected chi connectivity index (χ1v) is 7.12. The molecule has 1 aliphatic rings. The number of aliphatic carboxylic acids is 1. The number of hydrogen-bond donors (Lipinski definition) is 1. The molecule has 1 saturated carbocycles. The summed E-state index contributed by atoms with van der Waals surface area (Å²) in [7, 11) is 1.75. The highest BCUT2D eigenvalue weighted by Gasteiger charge is 2.30. The zero-order valence-corrected chi connectivity index (χ0v) is 11.4. The lowest BCUT2D eigenvalue weighted by Crippen LogP contribution is -2.42. The van der Waals surface area contributed by atoms with Gasteiger partial charge in [-0.2, -0.15) is 0 Å². The van der Waals surface area contributed by atoms with Crippen LogP contribution in [0.15, 0.2) is 0 Å². The maximum Gasteiger partial charge on any atom is 0.306 e. The molecule has 1 aliphatic carbocycles. The van der Waals surface area contributed by atoms with E-state index in [4.69, 9.17) is 5.11 Å². The van der Waals surface area contributed by atoms with Gasteiger partial charge in [0.05, 0.1) is 11.7 Å². The van der Waals surface area contributed by atoms with E-state index in [0.29, 0.717) is 12.2 Å². The summed E-state index contributed by atoms with van der Waals surface area (Å²) in [5.41, 5.74) is 0. The molecule has 4 nitrogen and oxygen atoms in total. The van der Waals surface area contributed by atoms with E-state index < -0.39 is 5.97 Å². The Balaban J connectivity index is 2.50. The van der Waals surface area contributed by atoms with Gasteiger partial charge in [0.25, 0.3) is 0 Å². The van der Waals surface area contributed by atoms with Crippen LogP contribution in [0.5, 0.6) is 0 Å². The maximum absolute atomic E-state index is 11.8. The number of amides is 1. The average molecular weight is 275 g/mol. The first-order valence-electron chi connectivity index (χ1n) is 5.60. The van der Waals surface area contributed by atoms with Gasteiger partial charge in [-0.05, 0) is 19.3 Å². The topological polar surface area (TPSA) is 57.6 Å². The van der Waals surface area contributed by atoms with E-state index in [-0.39, 0.29) is 17.9 Å². The van der Waals surface area contributed by atoms with Crippen LogP contribution in [0.1, 0.15) is 25.7 Å². The van der Waals surface area contributed by atoms with E-state index in [0.717, 1.165) is 19.3 Å². The number of carbonyl (C=O) groups excluding carboxylic acids is 1. The van der Waals surface area contributed by atoms with Crippen molar-refractivity contribution in [2.24, 2.45) is 5.92 Å². The predicted octanol–water partition coefficient (Wildman–Crippen LogP) is 1.78. The third-order valence-electron chi connectivity index (χ3n) is 3.21. The molecule has 0 spiro atoms. The Kier molecular flexibility index (Phi) is 5.91. The number of carboxylic acids is 1. The van der Waals surface area contributed by atoms with E-state index in [2.05, 4.69) is 12.2 Å². The predicted molar refractivity (Wildman–Crippen MR) is 72.3 cm³/mol. The van der Waals surface area contributed by atoms with Crippen LogP contribution in [0.25, 0.3) is 0 Å². The molecule has 0 aromatic carbocycles. The van der Waals surface area contributed by atoms with Crippen LogP contribution in [-0.4, -0.2) is 45.4 Å². The standard InChI is InChI=1S/C11H17NO3S2/c1-12(10(13)6-17-7-16)9-4-2-3-8(5-9)11(14)15/h7-9H,2-6H2,1H3,(H,14,15). The number of thiocarbonyl (C=S) groups is 1. The monoisotopic (exact) mass is 275 g/mol. The number of rotatable bonds is 5. The molecule has 6 heteroatoms. The Labute approximate surface area is 111 Å². The zero-order valence-electron chi connectivity index (χ0n) is 9.80. The molecule has 0 aromatic rings. The molecule has 0 aliphatic heterocycles. The molecule has 0 heterocycles. The van der Waals surface area contributed by atoms with E-state index >= 15 is 0 Å². The molecular weight excluding hydrogens is 258 g/mol. The van der Waals surface area contributed by atoms with Crippen LogP contribution in [0.4, 0.5) is 0 Å². The van der Waals surface area contributed by atoms with Crippen molar-refractivity contribution in [1.29, 1.82) is 0 Å². The van der Waals surface area contributed by atoms with Crippen molar-refractivity contribution in [3.05, 3.63) is 0 Å². The van der Waals surface area contributed by atoms with Crippen LogP contribution < -0.4 is 0 Å². The van der Waals surface area contributed by atoms with Gasteiger partial charge in [-0.3, -0.25) is 9.59 Å². The highest BCUT2D eigenvalue weighted by Crippen LogP contribution is 2.27. The first kappa shape index (κ1) is 14.4. The van der Waals surface area contributed by atoms with Gasteiger partial charge in [0.15, 0.2) is 0 Å². The van der Waals surface area contributed by atoms with Crippen LogP contribution in [0, 0.1) is 5.92 Å². The third kappa shape index (κ3) is 4.27. The second kappa shape index (κ2) is 6.96. The van der Waals surface area contributed by atoms with Gasteiger partial charge in [-0.25, -0.2) is 0 Å². The summed E-state index contributed by atoms with van der Waals surface area (Å²) in [6, 6.07) is 0.0584. The SMILES string of the molecule is CN(C(=O)CSC=S)C1CCCC(C(=O)O)C1. The van der Waals surface area contributed by atoms with E-state index in [9.17, 15) is 9.59 Å². The Morgan fingerprint density at radius 2 is 2.24 bits per heavy atom. The molecule has 1 amide bonds. The molecular formula is C11H17NO3S2. The fourth-order valence-corrected chi connectivity index (χ4v) is 2.77. The second-order valence-electron chi connectivity index (χ2n) is 4.27. The molecule has 2 unspecified atom stereocenters. The van der Waals surface area contributed by atoms with Crippen molar-refractivity contribution in [3.8, 4) is 0 Å². The van der Waals surface area contributed by atoms with Crippen molar-refractivity contribution in [3.63, 3.8) is 0 Å². The lowest BCUT2D eigenvalue weighted by atomic mass is 9.85. The lowest BCUT2D eigenvalue weighted by Gasteiger charge is -2.33. The number of carboxylic acid groups (broad SMARTS) is 1. The first-order chi connectivity index (χ1) is 8.06. The zero-order chi connectivity index (χ0) is 12.8. The average Bonchev–Trinajstić information content (AvgIpc) is 2.35. The van der Waals surface area contributed by atoms with Crippen LogP contribution >= 0.6 is 24.0 Å². The van der Waals surface area contributed by atoms with Crippen LogP contribution in [-0.2, 0) is 9.59 Å². The summed E-state index contributed by atoms with van der Waals surface area (Å²) in [6.45, 7) is 0. The molecule has 17 heavy (non-hydrogen) atoms. The summed E-state index contributed by atoms with van der Waals surface area (Å²) in [4.78, 5) is 24.4. The van der Waals surface area contributed by atoms with Gasteiger partial charge in [0, 0.05) is 17.8 Å². The summed E-state index contributed by atoms with van der Waals surface area (Å²) in [5.74, 6) is -0.688. The van der Waals surface area contributed by atoms with Crippen molar-refractivity contribution in [2.75, 3.05) is 12.8 Å². The van der Waals surface area contributed by atoms with Gasteiger partial charge in [0.1, 0.15) is 0 Å². The summed E-state index contributed by atoms with van der Waals surface area (Å²) in [6.07, 6.45) is 3.07. The van der Waals surface area contributed by atoms with E-state index in [1.807, 2.05) is 0 Å². The number of hydrogen-bond acceptors (Lipinski definition) is 4. The number of nitrogens with zero attached hydrogens (tertiary/aromatic N) is 1. The Morgan fingerprint density at radius 3 is 2.82 bits per heavy atom. The number of carbonyl (C=O) groups is 2. The van der Waals surface area contributed by atoms with Crippen LogP contribution in [0.3, 0.4) is 0 Å². The molecule has 1 rings (SSSR count). The second-order valence-corrected chi connectivity index (χ2v) is 5.66. The van der Waals surface area contributed by atoms with E-state index in [1.54, 1.807) is 11.9 Å². The maximum atomic E-state index is 11.8. The van der Waals surface area contributed by atoms with Gasteiger partial charge in [-0.1, -0.05) is 18.6 Å². The number of thioether (sulfide) groups is 1. The largest absolute Gasteiger partial charge is 0.481 e. The van der Waals surface area contributed by atoms with Gasteiger partial charge in [0.2, 0.25) is 5.91 Å². The van der Waals surface area contributed by atoms with Gasteiger partial charge < -0.3 is 10.0 Å². The minimum Gasteiger partial charge on any atom is -0.481 e. The fraction of sp³-hybridized carbons (Fsp3) is 0.727. The Hall–Kier alpha value is -0.620. The van der Waals surface area contributed by atoms with Crippen molar-refractivity contribution in [1.82, 2.24) is 4.90 Å². The van der Waals surface area contributed by atoms with Gasteiger partial charge in [-0.15, -0.1) is 11.8 Å². The quantitative estimate of drug-likeness (QED) is 0.775. The van der Waals surface area contributed by atoms with Crippen molar-refractivity contribution < 1.29 is 14.7 Å². The molecule has 0 bridgehead atoms. The summed E-state index contributed by atoms with van der Waals surface area (Å²) in [5, 5.41) is 8.99. The molecule has 0 aromatic heterocycles. The highest BCUT2D eigenvalue weighted by molar-refractivity contribution is 8.21. The third-order valence-corrected chi connectivity index (χ3v) is 4.17. The minimum absolute atomic E-state index is 0.0205. The Morgan fingerprint density at radius 1 is 1.53 bits per heavy atom. The fourth-order valence-electron chi connectivity index (χ4n) is 2.15. The molecule has 1 N–H and O–H groups in total. The van der Waals surface area contributed by atoms with Crippen molar-refractivity contribution >= 4 is 40.6 Å². The van der Waals surface area contributed by atoms with Crippen molar-refractivity contribution in [2.45, 2.75) is 31.7 Å².